The number of methoxy groups -OCH3 is 1. The van der Waals surface area contributed by atoms with Crippen molar-refractivity contribution in [1.29, 1.82) is 5.26 Å². The molecule has 2 aromatic heterocycles. The first-order valence-electron chi connectivity index (χ1n) is 12.8. The Bertz CT molecular complexity index is 1520. The molecule has 0 aliphatic carbocycles. The van der Waals surface area contributed by atoms with E-state index < -0.39 is 53.1 Å². The van der Waals surface area contributed by atoms with Gasteiger partial charge in [0.2, 0.25) is 0 Å². The van der Waals surface area contributed by atoms with Crippen molar-refractivity contribution in [3.05, 3.63) is 51.8 Å². The molecule has 5 heterocycles. The number of halogens is 4. The van der Waals surface area contributed by atoms with Gasteiger partial charge in [-0.1, -0.05) is 40.2 Å². The first-order chi connectivity index (χ1) is 20.2. The number of aliphatic hydroxyl groups is 2. The number of benzene rings is 1. The molecule has 3 aliphatic heterocycles. The molecule has 0 saturated carbocycles. The van der Waals surface area contributed by atoms with Crippen LogP contribution in [0.4, 0.5) is 14.6 Å². The molecule has 5 unspecified atom stereocenters. The molecule has 0 bridgehead atoms. The molecule has 222 valence electrons. The summed E-state index contributed by atoms with van der Waals surface area (Å²) in [5.74, 6) is -1.36. The lowest BCUT2D eigenvalue weighted by Crippen LogP contribution is -2.66. The second-order valence-electron chi connectivity index (χ2n) is 10.5. The minimum absolute atomic E-state index is 0.0738. The van der Waals surface area contributed by atoms with E-state index in [0.717, 1.165) is 12.1 Å². The average Bonchev–Trinajstić information content (AvgIpc) is 3.41. The molecule has 0 radical (unpaired) electrons. The number of hydrogen-bond donors (Lipinski definition) is 2. The van der Waals surface area contributed by atoms with Gasteiger partial charge in [-0.2, -0.15) is 5.26 Å². The van der Waals surface area contributed by atoms with Crippen molar-refractivity contribution in [2.24, 2.45) is 5.41 Å². The number of anilines is 1. The van der Waals surface area contributed by atoms with Gasteiger partial charge in [-0.05, 0) is 18.2 Å². The van der Waals surface area contributed by atoms with Gasteiger partial charge >= 0.3 is 0 Å². The third-order valence-corrected chi connectivity index (χ3v) is 9.45. The standard InChI is InChI=1S/C26H24Cl2F2N6O5S/c1-39-23-21(36-6-17(33-34-36)12-2-14(29)20(28)15(30)3-12)22(38)18(7-37)41-25(23)42-19-4-13(27)16(5-31)32-24(19)35-8-26(9-35)10-40-11-26/h2-4,6,18,21-23,25,37-38H,7-11H2,1H3. The smallest absolute Gasteiger partial charge is 0.161 e. The Morgan fingerprint density at radius 1 is 1.24 bits per heavy atom. The molecule has 11 nitrogen and oxygen atoms in total. The summed E-state index contributed by atoms with van der Waals surface area (Å²) in [6.07, 6.45) is -1.77. The highest BCUT2D eigenvalue weighted by Gasteiger charge is 2.51. The highest BCUT2D eigenvalue weighted by Crippen LogP contribution is 2.46. The number of hydrogen-bond acceptors (Lipinski definition) is 11. The SMILES string of the molecule is COC1C(Sc2cc(Cl)c(C#N)nc2N2CC3(COC3)C2)OC(CO)C(O)C1n1cc(-c2cc(F)c(Cl)c(F)c2)nn1. The summed E-state index contributed by atoms with van der Waals surface area (Å²) in [6, 6.07) is 4.79. The number of aliphatic hydroxyl groups excluding tert-OH is 2. The quantitative estimate of drug-likeness (QED) is 0.368. The highest BCUT2D eigenvalue weighted by molar-refractivity contribution is 8.00. The maximum absolute atomic E-state index is 14.1. The predicted molar refractivity (Wildman–Crippen MR) is 147 cm³/mol. The molecule has 3 saturated heterocycles. The van der Waals surface area contributed by atoms with Crippen molar-refractivity contribution in [3.63, 3.8) is 0 Å². The molecule has 1 aromatic carbocycles. The lowest BCUT2D eigenvalue weighted by molar-refractivity contribution is -0.186. The maximum atomic E-state index is 14.1. The zero-order valence-electron chi connectivity index (χ0n) is 22.0. The summed E-state index contributed by atoms with van der Waals surface area (Å²) >= 11 is 13.2. The number of ether oxygens (including phenoxy) is 3. The molecule has 1 spiro atoms. The molecular formula is C26H24Cl2F2N6O5S. The van der Waals surface area contributed by atoms with Crippen molar-refractivity contribution in [3.8, 4) is 17.3 Å². The number of rotatable bonds is 7. The van der Waals surface area contributed by atoms with E-state index in [9.17, 15) is 24.3 Å². The fourth-order valence-corrected chi connectivity index (χ4v) is 7.12. The van der Waals surface area contributed by atoms with E-state index in [0.29, 0.717) is 37.0 Å². The molecule has 16 heteroatoms. The van der Waals surface area contributed by atoms with Gasteiger partial charge in [0, 0.05) is 25.8 Å². The minimum atomic E-state index is -1.29. The lowest BCUT2D eigenvalue weighted by Gasteiger charge is -2.55. The maximum Gasteiger partial charge on any atom is 0.161 e. The van der Waals surface area contributed by atoms with Crippen molar-refractivity contribution >= 4 is 40.8 Å². The summed E-state index contributed by atoms with van der Waals surface area (Å²) in [5.41, 5.74) is -0.440. The molecule has 5 atom stereocenters. The Morgan fingerprint density at radius 2 is 1.95 bits per heavy atom. The monoisotopic (exact) mass is 640 g/mol. The van der Waals surface area contributed by atoms with Gasteiger partial charge < -0.3 is 29.3 Å². The molecule has 2 N–H and O–H groups in total. The Labute approximate surface area is 252 Å². The lowest BCUT2D eigenvalue weighted by atomic mass is 9.78. The Morgan fingerprint density at radius 3 is 2.55 bits per heavy atom. The molecule has 0 amide bonds. The zero-order valence-corrected chi connectivity index (χ0v) is 24.3. The van der Waals surface area contributed by atoms with Crippen LogP contribution < -0.4 is 4.90 Å². The molecule has 3 aromatic rings. The van der Waals surface area contributed by atoms with Gasteiger partial charge in [-0.15, -0.1) is 5.10 Å². The number of pyridine rings is 1. The molecule has 3 fully saturated rings. The first-order valence-corrected chi connectivity index (χ1v) is 14.4. The fourth-order valence-electron chi connectivity index (χ4n) is 5.43. The summed E-state index contributed by atoms with van der Waals surface area (Å²) in [6.45, 7) is 2.21. The third-order valence-electron chi connectivity index (χ3n) is 7.63. The van der Waals surface area contributed by atoms with Gasteiger partial charge in [0.15, 0.2) is 5.69 Å². The van der Waals surface area contributed by atoms with Gasteiger partial charge in [0.05, 0.1) is 41.4 Å². The van der Waals surface area contributed by atoms with Gasteiger partial charge in [-0.25, -0.2) is 18.4 Å². The topological polar surface area (TPSA) is 139 Å². The Balaban J connectivity index is 1.32. The second-order valence-corrected chi connectivity index (χ2v) is 12.4. The van der Waals surface area contributed by atoms with Crippen LogP contribution in [-0.2, 0) is 14.2 Å². The van der Waals surface area contributed by atoms with E-state index in [1.165, 1.54) is 29.8 Å². The number of nitriles is 1. The average molecular weight is 641 g/mol. The normalized spacial score (nSPS) is 26.5. The van der Waals surface area contributed by atoms with E-state index in [2.05, 4.69) is 15.3 Å². The van der Waals surface area contributed by atoms with Crippen molar-refractivity contribution in [2.45, 2.75) is 34.7 Å². The van der Waals surface area contributed by atoms with Crippen LogP contribution in [0.1, 0.15) is 11.7 Å². The van der Waals surface area contributed by atoms with Crippen LogP contribution in [0.25, 0.3) is 11.3 Å². The van der Waals surface area contributed by atoms with Crippen LogP contribution >= 0.6 is 35.0 Å². The van der Waals surface area contributed by atoms with E-state index >= 15 is 0 Å². The zero-order chi connectivity index (χ0) is 29.8. The third kappa shape index (κ3) is 5.11. The largest absolute Gasteiger partial charge is 0.394 e. The minimum Gasteiger partial charge on any atom is -0.394 e. The molecular weight excluding hydrogens is 617 g/mol. The van der Waals surface area contributed by atoms with Crippen molar-refractivity contribution < 1.29 is 33.2 Å². The molecule has 3 aliphatic rings. The second kappa shape index (κ2) is 11.5. The summed E-state index contributed by atoms with van der Waals surface area (Å²) in [7, 11) is 1.43. The van der Waals surface area contributed by atoms with Crippen molar-refractivity contribution in [1.82, 2.24) is 20.0 Å². The number of thioether (sulfide) groups is 1. The Hall–Kier alpha value is -2.61. The fraction of sp³-hybridized carbons (Fsp3) is 0.462. The predicted octanol–water partition coefficient (Wildman–Crippen LogP) is 3.06. The van der Waals surface area contributed by atoms with E-state index in [1.807, 2.05) is 11.0 Å². The van der Waals surface area contributed by atoms with Crippen LogP contribution in [0.15, 0.2) is 29.3 Å². The molecule has 42 heavy (non-hydrogen) atoms. The summed E-state index contributed by atoms with van der Waals surface area (Å²) < 4.78 is 46.8. The highest BCUT2D eigenvalue weighted by atomic mass is 35.5. The number of aromatic nitrogens is 4. The van der Waals surface area contributed by atoms with Crippen molar-refractivity contribution in [2.75, 3.05) is 44.9 Å². The van der Waals surface area contributed by atoms with Gasteiger partial charge in [0.25, 0.3) is 0 Å². The van der Waals surface area contributed by atoms with Crippen LogP contribution in [0.5, 0.6) is 0 Å². The number of nitrogens with zero attached hydrogens (tertiary/aromatic N) is 6. The Kier molecular flexibility index (Phi) is 8.05. The van der Waals surface area contributed by atoms with Crippen LogP contribution in [0.3, 0.4) is 0 Å². The van der Waals surface area contributed by atoms with Crippen LogP contribution in [-0.4, -0.2) is 94.0 Å². The van der Waals surface area contributed by atoms with E-state index in [1.54, 1.807) is 6.07 Å². The van der Waals surface area contributed by atoms with Crippen LogP contribution in [0.2, 0.25) is 10.0 Å². The van der Waals surface area contributed by atoms with Crippen LogP contribution in [0, 0.1) is 28.4 Å². The van der Waals surface area contributed by atoms with Gasteiger partial charge in [-0.3, -0.25) is 0 Å². The molecule has 6 rings (SSSR count). The van der Waals surface area contributed by atoms with E-state index in [4.69, 9.17) is 37.4 Å². The summed E-state index contributed by atoms with van der Waals surface area (Å²) in [5, 5.41) is 38.5. The first kappa shape index (κ1) is 29.5. The summed E-state index contributed by atoms with van der Waals surface area (Å²) in [4.78, 5) is 7.17. The van der Waals surface area contributed by atoms with Gasteiger partial charge in [0.1, 0.15) is 64.0 Å². The van der Waals surface area contributed by atoms with E-state index in [-0.39, 0.29) is 27.4 Å².